The number of amides is 1. The van der Waals surface area contributed by atoms with Crippen molar-refractivity contribution in [1.82, 2.24) is 5.32 Å². The number of hydrogen-bond acceptors (Lipinski definition) is 3. The van der Waals surface area contributed by atoms with Gasteiger partial charge in [-0.1, -0.05) is 37.1 Å². The van der Waals surface area contributed by atoms with Crippen molar-refractivity contribution >= 4 is 11.6 Å². The molecule has 1 fully saturated rings. The molecule has 0 aromatic heterocycles. The summed E-state index contributed by atoms with van der Waals surface area (Å²) in [6.07, 6.45) is 4.46. The largest absolute Gasteiger partial charge is 0.497 e. The lowest BCUT2D eigenvalue weighted by molar-refractivity contribution is -0.124. The molecule has 4 nitrogen and oxygen atoms in total. The van der Waals surface area contributed by atoms with E-state index in [9.17, 15) is 4.79 Å². The van der Waals surface area contributed by atoms with E-state index in [4.69, 9.17) is 4.74 Å². The molecule has 3 rings (SSSR count). The van der Waals surface area contributed by atoms with Gasteiger partial charge >= 0.3 is 0 Å². The van der Waals surface area contributed by atoms with Crippen LogP contribution in [0.5, 0.6) is 5.75 Å². The number of carbonyl (C=O) groups is 1. The molecule has 1 saturated carbocycles. The Labute approximate surface area is 149 Å². The van der Waals surface area contributed by atoms with E-state index in [0.717, 1.165) is 36.4 Å². The second kappa shape index (κ2) is 8.56. The Morgan fingerprint density at radius 2 is 1.56 bits per heavy atom. The molecule has 0 bridgehead atoms. The predicted octanol–water partition coefficient (Wildman–Crippen LogP) is 4.11. The predicted molar refractivity (Wildman–Crippen MR) is 101 cm³/mol. The lowest BCUT2D eigenvalue weighted by Gasteiger charge is -2.11. The summed E-state index contributed by atoms with van der Waals surface area (Å²) in [6.45, 7) is 1.37. The van der Waals surface area contributed by atoms with Crippen LogP contribution in [-0.4, -0.2) is 13.0 Å². The molecule has 0 saturated heterocycles. The van der Waals surface area contributed by atoms with Crippen LogP contribution < -0.4 is 15.4 Å². The Morgan fingerprint density at radius 1 is 0.960 bits per heavy atom. The van der Waals surface area contributed by atoms with Gasteiger partial charge in [-0.3, -0.25) is 4.79 Å². The average molecular weight is 338 g/mol. The summed E-state index contributed by atoms with van der Waals surface area (Å²) < 4.78 is 5.17. The van der Waals surface area contributed by atoms with Crippen LogP contribution in [0.4, 0.5) is 5.69 Å². The Balaban J connectivity index is 1.45. The minimum absolute atomic E-state index is 0.208. The fraction of sp³-hybridized carbons (Fsp3) is 0.381. The van der Waals surface area contributed by atoms with Crippen LogP contribution in [0, 0.1) is 5.92 Å². The van der Waals surface area contributed by atoms with Gasteiger partial charge in [0.1, 0.15) is 5.75 Å². The van der Waals surface area contributed by atoms with Gasteiger partial charge in [0.25, 0.3) is 0 Å². The molecule has 1 aliphatic carbocycles. The second-order valence-corrected chi connectivity index (χ2v) is 6.60. The third kappa shape index (κ3) is 4.99. The molecule has 2 aromatic rings. The Morgan fingerprint density at radius 3 is 2.20 bits per heavy atom. The number of anilines is 1. The van der Waals surface area contributed by atoms with Crippen molar-refractivity contribution in [2.45, 2.75) is 38.8 Å². The highest BCUT2D eigenvalue weighted by Crippen LogP contribution is 2.24. The quantitative estimate of drug-likeness (QED) is 0.799. The van der Waals surface area contributed by atoms with Crippen molar-refractivity contribution in [2.75, 3.05) is 12.4 Å². The van der Waals surface area contributed by atoms with Gasteiger partial charge in [0.2, 0.25) is 5.91 Å². The van der Waals surface area contributed by atoms with Crippen LogP contribution in [-0.2, 0) is 17.9 Å². The van der Waals surface area contributed by atoms with Gasteiger partial charge in [-0.2, -0.15) is 0 Å². The minimum Gasteiger partial charge on any atom is -0.497 e. The van der Waals surface area contributed by atoms with Crippen molar-refractivity contribution in [3.8, 4) is 5.75 Å². The van der Waals surface area contributed by atoms with Gasteiger partial charge in [0.05, 0.1) is 7.11 Å². The number of hydrogen-bond donors (Lipinski definition) is 2. The highest BCUT2D eigenvalue weighted by Gasteiger charge is 2.21. The maximum atomic E-state index is 12.1. The van der Waals surface area contributed by atoms with Crippen molar-refractivity contribution in [1.29, 1.82) is 0 Å². The number of rotatable bonds is 7. The SMILES string of the molecule is COc1ccc(CNc2ccc(CNC(=O)C3CCCC3)cc2)cc1. The van der Waals surface area contributed by atoms with Gasteiger partial charge in [-0.15, -0.1) is 0 Å². The highest BCUT2D eigenvalue weighted by molar-refractivity contribution is 5.78. The average Bonchev–Trinajstić information content (AvgIpc) is 3.20. The molecule has 0 heterocycles. The summed E-state index contributed by atoms with van der Waals surface area (Å²) >= 11 is 0. The molecule has 132 valence electrons. The van der Waals surface area contributed by atoms with Gasteiger partial charge in [-0.05, 0) is 48.2 Å². The van der Waals surface area contributed by atoms with Crippen LogP contribution in [0.25, 0.3) is 0 Å². The standard InChI is InChI=1S/C21H26N2O2/c1-25-20-12-8-17(9-13-20)14-22-19-10-6-16(7-11-19)15-23-21(24)18-4-2-3-5-18/h6-13,18,22H,2-5,14-15H2,1H3,(H,23,24). The molecule has 4 heteroatoms. The molecule has 0 spiro atoms. The van der Waals surface area contributed by atoms with Gasteiger partial charge in [-0.25, -0.2) is 0 Å². The molecule has 2 N–H and O–H groups in total. The van der Waals surface area contributed by atoms with Crippen LogP contribution in [0.2, 0.25) is 0 Å². The lowest BCUT2D eigenvalue weighted by atomic mass is 10.1. The molecule has 25 heavy (non-hydrogen) atoms. The van der Waals surface area contributed by atoms with E-state index in [1.54, 1.807) is 7.11 Å². The first-order chi connectivity index (χ1) is 12.2. The normalized spacial score (nSPS) is 14.3. The first-order valence-electron chi connectivity index (χ1n) is 8.98. The Kier molecular flexibility index (Phi) is 5.94. The number of carbonyl (C=O) groups excluding carboxylic acids is 1. The number of nitrogens with one attached hydrogen (secondary N) is 2. The first-order valence-corrected chi connectivity index (χ1v) is 8.98. The van der Waals surface area contributed by atoms with Crippen molar-refractivity contribution < 1.29 is 9.53 Å². The fourth-order valence-electron chi connectivity index (χ4n) is 3.21. The van der Waals surface area contributed by atoms with Gasteiger partial charge < -0.3 is 15.4 Å². The van der Waals surface area contributed by atoms with E-state index < -0.39 is 0 Å². The van der Waals surface area contributed by atoms with E-state index in [1.165, 1.54) is 18.4 Å². The second-order valence-electron chi connectivity index (χ2n) is 6.60. The van der Waals surface area contributed by atoms with Crippen LogP contribution in [0.1, 0.15) is 36.8 Å². The maximum Gasteiger partial charge on any atom is 0.223 e. The van der Waals surface area contributed by atoms with E-state index in [-0.39, 0.29) is 11.8 Å². The van der Waals surface area contributed by atoms with Crippen LogP contribution in [0.3, 0.4) is 0 Å². The Hall–Kier alpha value is -2.49. The third-order valence-corrected chi connectivity index (χ3v) is 4.80. The van der Waals surface area contributed by atoms with Crippen molar-refractivity contribution in [3.05, 3.63) is 59.7 Å². The molecule has 0 atom stereocenters. The molecule has 1 aliphatic rings. The first kappa shape index (κ1) is 17.3. The zero-order valence-corrected chi connectivity index (χ0v) is 14.8. The lowest BCUT2D eigenvalue weighted by Crippen LogP contribution is -2.28. The summed E-state index contributed by atoms with van der Waals surface area (Å²) in [5.41, 5.74) is 3.40. The maximum absolute atomic E-state index is 12.1. The summed E-state index contributed by atoms with van der Waals surface area (Å²) in [5.74, 6) is 1.30. The number of ether oxygens (including phenoxy) is 1. The van der Waals surface area contributed by atoms with E-state index in [2.05, 4.69) is 47.0 Å². The van der Waals surface area contributed by atoms with Crippen LogP contribution in [0.15, 0.2) is 48.5 Å². The van der Waals surface area contributed by atoms with Crippen molar-refractivity contribution in [2.24, 2.45) is 5.92 Å². The number of methoxy groups -OCH3 is 1. The summed E-state index contributed by atoms with van der Waals surface area (Å²) in [4.78, 5) is 12.1. The zero-order chi connectivity index (χ0) is 17.5. The molecule has 0 radical (unpaired) electrons. The van der Waals surface area contributed by atoms with E-state index in [0.29, 0.717) is 6.54 Å². The number of benzene rings is 2. The van der Waals surface area contributed by atoms with E-state index in [1.807, 2.05) is 12.1 Å². The monoisotopic (exact) mass is 338 g/mol. The summed E-state index contributed by atoms with van der Waals surface area (Å²) in [7, 11) is 1.67. The molecule has 2 aromatic carbocycles. The summed E-state index contributed by atoms with van der Waals surface area (Å²) in [5, 5.41) is 6.46. The van der Waals surface area contributed by atoms with E-state index >= 15 is 0 Å². The molecular formula is C21H26N2O2. The minimum atomic E-state index is 0.208. The smallest absolute Gasteiger partial charge is 0.223 e. The van der Waals surface area contributed by atoms with Gasteiger partial charge in [0.15, 0.2) is 0 Å². The third-order valence-electron chi connectivity index (χ3n) is 4.80. The molecular weight excluding hydrogens is 312 g/mol. The molecule has 1 amide bonds. The topological polar surface area (TPSA) is 50.4 Å². The van der Waals surface area contributed by atoms with Gasteiger partial charge in [0, 0.05) is 24.7 Å². The van der Waals surface area contributed by atoms with Crippen molar-refractivity contribution in [3.63, 3.8) is 0 Å². The highest BCUT2D eigenvalue weighted by atomic mass is 16.5. The fourth-order valence-corrected chi connectivity index (χ4v) is 3.21. The molecule has 0 unspecified atom stereocenters. The van der Waals surface area contributed by atoms with Crippen LogP contribution >= 0.6 is 0 Å². The summed E-state index contributed by atoms with van der Waals surface area (Å²) in [6, 6.07) is 16.3. The zero-order valence-electron chi connectivity index (χ0n) is 14.8. The molecule has 0 aliphatic heterocycles. The Bertz CT molecular complexity index is 674.